The zero-order valence-electron chi connectivity index (χ0n) is 12.6. The molecule has 0 spiro atoms. The molecule has 0 radical (unpaired) electrons. The molecular formula is C17H24N4. The van der Waals surface area contributed by atoms with E-state index in [0.29, 0.717) is 5.92 Å². The van der Waals surface area contributed by atoms with Crippen LogP contribution < -0.4 is 5.73 Å². The van der Waals surface area contributed by atoms with Crippen LogP contribution in [0.4, 0.5) is 5.69 Å². The van der Waals surface area contributed by atoms with Gasteiger partial charge in [-0.1, -0.05) is 12.5 Å². The Morgan fingerprint density at radius 2 is 1.90 bits per heavy atom. The van der Waals surface area contributed by atoms with Crippen LogP contribution in [0.1, 0.15) is 43.8 Å². The van der Waals surface area contributed by atoms with Crippen LogP contribution in [0.5, 0.6) is 0 Å². The number of nitrogen functional groups attached to an aromatic ring is 1. The van der Waals surface area contributed by atoms with Gasteiger partial charge < -0.3 is 15.2 Å². The molecule has 1 aliphatic carbocycles. The van der Waals surface area contributed by atoms with Gasteiger partial charge in [-0.05, 0) is 50.9 Å². The molecule has 1 saturated carbocycles. The molecule has 0 bridgehead atoms. The van der Waals surface area contributed by atoms with Gasteiger partial charge in [-0.25, -0.2) is 4.98 Å². The molecule has 1 aromatic carbocycles. The highest BCUT2D eigenvalue weighted by molar-refractivity contribution is 5.87. The number of aromatic nitrogens is 2. The summed E-state index contributed by atoms with van der Waals surface area (Å²) in [7, 11) is 0. The first kappa shape index (κ1) is 13.1. The summed E-state index contributed by atoms with van der Waals surface area (Å²) >= 11 is 0. The van der Waals surface area contributed by atoms with Gasteiger partial charge in [0.05, 0.1) is 11.2 Å². The van der Waals surface area contributed by atoms with Crippen LogP contribution in [0.15, 0.2) is 18.2 Å². The van der Waals surface area contributed by atoms with E-state index in [4.69, 9.17) is 10.7 Å². The number of para-hydroxylation sites is 1. The molecule has 2 aromatic rings. The van der Waals surface area contributed by atoms with Gasteiger partial charge in [0.2, 0.25) is 0 Å². The third-order valence-corrected chi connectivity index (χ3v) is 4.87. The number of imidazole rings is 1. The number of piperidine rings is 1. The summed E-state index contributed by atoms with van der Waals surface area (Å²) < 4.78 is 2.43. The maximum Gasteiger partial charge on any atom is 0.113 e. The molecule has 4 rings (SSSR count). The number of benzene rings is 1. The minimum Gasteiger partial charge on any atom is -0.397 e. The molecular weight excluding hydrogens is 260 g/mol. The molecule has 1 aromatic heterocycles. The quantitative estimate of drug-likeness (QED) is 0.878. The van der Waals surface area contributed by atoms with E-state index in [0.717, 1.165) is 24.3 Å². The monoisotopic (exact) mass is 284 g/mol. The third kappa shape index (κ3) is 2.53. The predicted octanol–water partition coefficient (Wildman–Crippen LogP) is 2.98. The van der Waals surface area contributed by atoms with Gasteiger partial charge in [-0.3, -0.25) is 0 Å². The minimum atomic E-state index is 0.665. The first-order valence-electron chi connectivity index (χ1n) is 8.30. The normalized spacial score (nSPS) is 20.2. The average Bonchev–Trinajstić information content (AvgIpc) is 3.28. The van der Waals surface area contributed by atoms with Crippen molar-refractivity contribution in [1.82, 2.24) is 14.5 Å². The molecule has 0 atom stereocenters. The predicted molar refractivity (Wildman–Crippen MR) is 86.4 cm³/mol. The lowest BCUT2D eigenvalue weighted by Gasteiger charge is -2.26. The van der Waals surface area contributed by atoms with Crippen molar-refractivity contribution in [3.8, 4) is 0 Å². The Morgan fingerprint density at radius 3 is 2.67 bits per heavy atom. The molecule has 112 valence electrons. The Balaban J connectivity index is 1.62. The molecule has 2 fully saturated rings. The highest BCUT2D eigenvalue weighted by Gasteiger charge is 2.30. The number of fused-ring (bicyclic) bond motifs is 1. The highest BCUT2D eigenvalue weighted by atomic mass is 15.2. The van der Waals surface area contributed by atoms with E-state index >= 15 is 0 Å². The summed E-state index contributed by atoms with van der Waals surface area (Å²) in [5.74, 6) is 1.93. The number of anilines is 1. The molecule has 2 N–H and O–H groups in total. The molecule has 1 aliphatic heterocycles. The SMILES string of the molecule is Nc1cccc2c1nc(C1CC1)n2CCN1CCCCC1. The zero-order chi connectivity index (χ0) is 14.2. The van der Waals surface area contributed by atoms with Crippen LogP contribution >= 0.6 is 0 Å². The van der Waals surface area contributed by atoms with Crippen molar-refractivity contribution >= 4 is 16.7 Å². The van der Waals surface area contributed by atoms with E-state index < -0.39 is 0 Å². The topological polar surface area (TPSA) is 47.1 Å². The lowest BCUT2D eigenvalue weighted by molar-refractivity contribution is 0.221. The second kappa shape index (κ2) is 5.34. The molecule has 4 nitrogen and oxygen atoms in total. The lowest BCUT2D eigenvalue weighted by atomic mass is 10.1. The molecule has 0 amide bonds. The number of rotatable bonds is 4. The van der Waals surface area contributed by atoms with Crippen molar-refractivity contribution in [3.63, 3.8) is 0 Å². The lowest BCUT2D eigenvalue weighted by Crippen LogP contribution is -2.32. The first-order chi connectivity index (χ1) is 10.3. The Hall–Kier alpha value is -1.55. The van der Waals surface area contributed by atoms with E-state index in [1.54, 1.807) is 0 Å². The van der Waals surface area contributed by atoms with Gasteiger partial charge in [0, 0.05) is 19.0 Å². The fourth-order valence-corrected chi connectivity index (χ4v) is 3.50. The van der Waals surface area contributed by atoms with Gasteiger partial charge in [-0.15, -0.1) is 0 Å². The second-order valence-electron chi connectivity index (χ2n) is 6.51. The van der Waals surface area contributed by atoms with Crippen LogP contribution in [0.3, 0.4) is 0 Å². The Morgan fingerprint density at radius 1 is 1.10 bits per heavy atom. The smallest absolute Gasteiger partial charge is 0.113 e. The van der Waals surface area contributed by atoms with Gasteiger partial charge in [0.25, 0.3) is 0 Å². The van der Waals surface area contributed by atoms with Gasteiger partial charge >= 0.3 is 0 Å². The Labute approximate surface area is 125 Å². The van der Waals surface area contributed by atoms with Crippen molar-refractivity contribution in [3.05, 3.63) is 24.0 Å². The van der Waals surface area contributed by atoms with E-state index in [-0.39, 0.29) is 0 Å². The van der Waals surface area contributed by atoms with Crippen LogP contribution in [0.2, 0.25) is 0 Å². The molecule has 21 heavy (non-hydrogen) atoms. The number of nitrogens with zero attached hydrogens (tertiary/aromatic N) is 3. The van der Waals surface area contributed by atoms with Crippen molar-refractivity contribution in [2.24, 2.45) is 0 Å². The highest BCUT2D eigenvalue weighted by Crippen LogP contribution is 2.41. The van der Waals surface area contributed by atoms with Crippen molar-refractivity contribution in [2.45, 2.75) is 44.6 Å². The molecule has 0 unspecified atom stereocenters. The van der Waals surface area contributed by atoms with Crippen LogP contribution in [0.25, 0.3) is 11.0 Å². The van der Waals surface area contributed by atoms with Crippen LogP contribution in [-0.2, 0) is 6.54 Å². The summed E-state index contributed by atoms with van der Waals surface area (Å²) in [6.45, 7) is 4.70. The standard InChI is InChI=1S/C17H24N4/c18-14-5-4-6-15-16(14)19-17(13-7-8-13)21(15)12-11-20-9-2-1-3-10-20/h4-6,13H,1-3,7-12,18H2. The molecule has 2 aliphatic rings. The Bertz CT molecular complexity index is 636. The Kier molecular flexibility index (Phi) is 3.34. The molecule has 4 heteroatoms. The summed E-state index contributed by atoms with van der Waals surface area (Å²) in [5.41, 5.74) is 9.14. The minimum absolute atomic E-state index is 0.665. The summed E-state index contributed by atoms with van der Waals surface area (Å²) in [6, 6.07) is 6.18. The number of hydrogen-bond acceptors (Lipinski definition) is 3. The van der Waals surface area contributed by atoms with Crippen molar-refractivity contribution in [2.75, 3.05) is 25.4 Å². The molecule has 2 heterocycles. The van der Waals surface area contributed by atoms with Crippen LogP contribution in [-0.4, -0.2) is 34.1 Å². The van der Waals surface area contributed by atoms with Crippen LogP contribution in [0, 0.1) is 0 Å². The fraction of sp³-hybridized carbons (Fsp3) is 0.588. The van der Waals surface area contributed by atoms with Crippen molar-refractivity contribution < 1.29 is 0 Å². The van der Waals surface area contributed by atoms with E-state index in [1.807, 2.05) is 12.1 Å². The maximum absolute atomic E-state index is 6.11. The van der Waals surface area contributed by atoms with E-state index in [1.165, 1.54) is 56.5 Å². The van der Waals surface area contributed by atoms with E-state index in [9.17, 15) is 0 Å². The zero-order valence-corrected chi connectivity index (χ0v) is 12.6. The number of likely N-dealkylation sites (tertiary alicyclic amines) is 1. The summed E-state index contributed by atoms with van der Waals surface area (Å²) in [4.78, 5) is 7.45. The van der Waals surface area contributed by atoms with Crippen molar-refractivity contribution in [1.29, 1.82) is 0 Å². The largest absolute Gasteiger partial charge is 0.397 e. The maximum atomic E-state index is 6.11. The van der Waals surface area contributed by atoms with Gasteiger partial charge in [0.1, 0.15) is 11.3 Å². The van der Waals surface area contributed by atoms with E-state index in [2.05, 4.69) is 15.5 Å². The second-order valence-corrected chi connectivity index (χ2v) is 6.51. The fourth-order valence-electron chi connectivity index (χ4n) is 3.50. The summed E-state index contributed by atoms with van der Waals surface area (Å²) in [6.07, 6.45) is 6.68. The summed E-state index contributed by atoms with van der Waals surface area (Å²) in [5, 5.41) is 0. The first-order valence-corrected chi connectivity index (χ1v) is 8.30. The van der Waals surface area contributed by atoms with Gasteiger partial charge in [-0.2, -0.15) is 0 Å². The van der Waals surface area contributed by atoms with Gasteiger partial charge in [0.15, 0.2) is 0 Å². The number of nitrogens with two attached hydrogens (primary N) is 1. The molecule has 1 saturated heterocycles. The average molecular weight is 284 g/mol. The third-order valence-electron chi connectivity index (χ3n) is 4.87. The number of hydrogen-bond donors (Lipinski definition) is 1.